The SMILES string of the molecule is Cc1cccc(C)c1C(=O)N(CC/C(N)=N/O)CC(C)C. The molecule has 116 valence electrons. The third-order valence-electron chi connectivity index (χ3n) is 3.33. The van der Waals surface area contributed by atoms with Gasteiger partial charge in [0.25, 0.3) is 5.91 Å². The minimum Gasteiger partial charge on any atom is -0.409 e. The van der Waals surface area contributed by atoms with E-state index in [1.807, 2.05) is 32.0 Å². The first kappa shape index (κ1) is 17.0. The Morgan fingerprint density at radius 1 is 1.33 bits per heavy atom. The molecule has 3 N–H and O–H groups in total. The van der Waals surface area contributed by atoms with Crippen molar-refractivity contribution in [3.8, 4) is 0 Å². The predicted octanol–water partition coefficient (Wildman–Crippen LogP) is 2.54. The fraction of sp³-hybridized carbons (Fsp3) is 0.500. The van der Waals surface area contributed by atoms with Gasteiger partial charge in [-0.05, 0) is 30.9 Å². The highest BCUT2D eigenvalue weighted by atomic mass is 16.4. The lowest BCUT2D eigenvalue weighted by Gasteiger charge is -2.26. The number of aryl methyl sites for hydroxylation is 2. The van der Waals surface area contributed by atoms with Gasteiger partial charge in [-0.1, -0.05) is 37.2 Å². The van der Waals surface area contributed by atoms with Crippen LogP contribution in [0.1, 0.15) is 41.8 Å². The molecule has 0 bridgehead atoms. The van der Waals surface area contributed by atoms with E-state index in [1.54, 1.807) is 4.90 Å². The maximum Gasteiger partial charge on any atom is 0.254 e. The van der Waals surface area contributed by atoms with Crippen molar-refractivity contribution < 1.29 is 10.0 Å². The molecule has 5 nitrogen and oxygen atoms in total. The van der Waals surface area contributed by atoms with E-state index in [2.05, 4.69) is 19.0 Å². The standard InChI is InChI=1S/C16H25N3O2/c1-11(2)10-19(9-8-14(17)18-21)16(20)15-12(3)6-5-7-13(15)4/h5-7,11,21H,8-10H2,1-4H3,(H2,17,18). The first-order chi connectivity index (χ1) is 9.86. The van der Waals surface area contributed by atoms with Crippen molar-refractivity contribution in [2.45, 2.75) is 34.1 Å². The number of nitrogens with two attached hydrogens (primary N) is 1. The number of carbonyl (C=O) groups is 1. The zero-order chi connectivity index (χ0) is 16.0. The zero-order valence-electron chi connectivity index (χ0n) is 13.3. The molecule has 0 aromatic heterocycles. The van der Waals surface area contributed by atoms with Gasteiger partial charge in [0.05, 0.1) is 0 Å². The monoisotopic (exact) mass is 291 g/mol. The lowest BCUT2D eigenvalue weighted by atomic mass is 10.0. The van der Waals surface area contributed by atoms with E-state index in [1.165, 1.54) is 0 Å². The number of amides is 1. The molecule has 0 spiro atoms. The zero-order valence-corrected chi connectivity index (χ0v) is 13.3. The van der Waals surface area contributed by atoms with Crippen LogP contribution < -0.4 is 5.73 Å². The lowest BCUT2D eigenvalue weighted by molar-refractivity contribution is 0.0739. The minimum atomic E-state index is 0.00467. The topological polar surface area (TPSA) is 78.9 Å². The molecule has 0 atom stereocenters. The molecular formula is C16H25N3O2. The third-order valence-corrected chi connectivity index (χ3v) is 3.33. The summed E-state index contributed by atoms with van der Waals surface area (Å²) < 4.78 is 0. The summed E-state index contributed by atoms with van der Waals surface area (Å²) >= 11 is 0. The summed E-state index contributed by atoms with van der Waals surface area (Å²) in [7, 11) is 0. The van der Waals surface area contributed by atoms with Crippen LogP contribution >= 0.6 is 0 Å². The molecule has 0 aliphatic rings. The van der Waals surface area contributed by atoms with Gasteiger partial charge < -0.3 is 15.8 Å². The Bertz CT molecular complexity index is 504. The van der Waals surface area contributed by atoms with Crippen LogP contribution in [0.5, 0.6) is 0 Å². The van der Waals surface area contributed by atoms with Crippen molar-refractivity contribution >= 4 is 11.7 Å². The quantitative estimate of drug-likeness (QED) is 0.366. The largest absolute Gasteiger partial charge is 0.409 e. The predicted molar refractivity (Wildman–Crippen MR) is 84.7 cm³/mol. The van der Waals surface area contributed by atoms with E-state index in [0.717, 1.165) is 16.7 Å². The Morgan fingerprint density at radius 2 is 1.90 bits per heavy atom. The highest BCUT2D eigenvalue weighted by Crippen LogP contribution is 2.17. The molecule has 1 amide bonds. The van der Waals surface area contributed by atoms with Crippen LogP contribution in [-0.4, -0.2) is 34.9 Å². The Hall–Kier alpha value is -2.04. The average Bonchev–Trinajstić information content (AvgIpc) is 2.42. The molecule has 0 saturated carbocycles. The molecule has 0 saturated heterocycles. The van der Waals surface area contributed by atoms with Crippen LogP contribution in [0, 0.1) is 19.8 Å². The van der Waals surface area contributed by atoms with E-state index in [4.69, 9.17) is 10.9 Å². The second kappa shape index (κ2) is 7.67. The molecule has 5 heteroatoms. The van der Waals surface area contributed by atoms with Crippen molar-refractivity contribution in [1.29, 1.82) is 0 Å². The number of hydrogen-bond acceptors (Lipinski definition) is 3. The number of oxime groups is 1. The molecular weight excluding hydrogens is 266 g/mol. The van der Waals surface area contributed by atoms with Crippen LogP contribution in [0.4, 0.5) is 0 Å². The van der Waals surface area contributed by atoms with Gasteiger partial charge in [-0.2, -0.15) is 0 Å². The maximum atomic E-state index is 12.8. The molecule has 0 radical (unpaired) electrons. The lowest BCUT2D eigenvalue weighted by Crippen LogP contribution is -2.37. The van der Waals surface area contributed by atoms with Crippen LogP contribution in [0.25, 0.3) is 0 Å². The summed E-state index contributed by atoms with van der Waals surface area (Å²) in [6, 6.07) is 5.83. The van der Waals surface area contributed by atoms with Gasteiger partial charge in [-0.3, -0.25) is 4.79 Å². The highest BCUT2D eigenvalue weighted by Gasteiger charge is 2.20. The second-order valence-electron chi connectivity index (χ2n) is 5.75. The summed E-state index contributed by atoms with van der Waals surface area (Å²) in [6.07, 6.45) is 0.361. The van der Waals surface area contributed by atoms with Crippen molar-refractivity contribution in [2.75, 3.05) is 13.1 Å². The van der Waals surface area contributed by atoms with Gasteiger partial charge in [0.2, 0.25) is 0 Å². The van der Waals surface area contributed by atoms with Gasteiger partial charge in [0, 0.05) is 25.1 Å². The maximum absolute atomic E-state index is 12.8. The summed E-state index contributed by atoms with van der Waals surface area (Å²) in [6.45, 7) is 9.10. The Balaban J connectivity index is 2.99. The molecule has 1 aromatic rings. The molecule has 1 aromatic carbocycles. The number of carbonyl (C=O) groups excluding carboxylic acids is 1. The highest BCUT2D eigenvalue weighted by molar-refractivity contribution is 5.97. The number of nitrogens with zero attached hydrogens (tertiary/aromatic N) is 2. The smallest absolute Gasteiger partial charge is 0.254 e. The second-order valence-corrected chi connectivity index (χ2v) is 5.75. The Labute approximate surface area is 126 Å². The van der Waals surface area contributed by atoms with Gasteiger partial charge in [-0.15, -0.1) is 0 Å². The number of benzene rings is 1. The van der Waals surface area contributed by atoms with Gasteiger partial charge >= 0.3 is 0 Å². The van der Waals surface area contributed by atoms with Gasteiger partial charge in [0.1, 0.15) is 5.84 Å². The van der Waals surface area contributed by atoms with Crippen LogP contribution in [0.2, 0.25) is 0 Å². The minimum absolute atomic E-state index is 0.00467. The summed E-state index contributed by atoms with van der Waals surface area (Å²) in [5.41, 5.74) is 8.20. The third kappa shape index (κ3) is 4.77. The van der Waals surface area contributed by atoms with Crippen LogP contribution in [0.3, 0.4) is 0 Å². The van der Waals surface area contributed by atoms with Crippen molar-refractivity contribution in [1.82, 2.24) is 4.90 Å². The fourth-order valence-electron chi connectivity index (χ4n) is 2.33. The first-order valence-electron chi connectivity index (χ1n) is 7.18. The van der Waals surface area contributed by atoms with E-state index < -0.39 is 0 Å². The fourth-order valence-corrected chi connectivity index (χ4v) is 2.33. The summed E-state index contributed by atoms with van der Waals surface area (Å²) in [5.74, 6) is 0.494. The molecule has 0 aliphatic carbocycles. The van der Waals surface area contributed by atoms with E-state index in [0.29, 0.717) is 25.4 Å². The summed E-state index contributed by atoms with van der Waals surface area (Å²) in [4.78, 5) is 14.6. The molecule has 0 aliphatic heterocycles. The van der Waals surface area contributed by atoms with Crippen molar-refractivity contribution in [3.05, 3.63) is 34.9 Å². The van der Waals surface area contributed by atoms with Gasteiger partial charge in [-0.25, -0.2) is 0 Å². The molecule has 0 unspecified atom stereocenters. The van der Waals surface area contributed by atoms with Crippen LogP contribution in [0.15, 0.2) is 23.4 Å². The number of amidine groups is 1. The number of rotatable bonds is 6. The summed E-state index contributed by atoms with van der Waals surface area (Å²) in [5, 5.41) is 11.6. The van der Waals surface area contributed by atoms with Crippen LogP contribution in [-0.2, 0) is 0 Å². The normalized spacial score (nSPS) is 11.8. The van der Waals surface area contributed by atoms with Crippen molar-refractivity contribution in [3.63, 3.8) is 0 Å². The Morgan fingerprint density at radius 3 is 2.38 bits per heavy atom. The molecule has 0 fully saturated rings. The van der Waals surface area contributed by atoms with E-state index in [9.17, 15) is 4.79 Å². The molecule has 1 rings (SSSR count). The van der Waals surface area contributed by atoms with Gasteiger partial charge in [0.15, 0.2) is 0 Å². The average molecular weight is 291 g/mol. The molecule has 0 heterocycles. The Kier molecular flexibility index (Phi) is 6.21. The van der Waals surface area contributed by atoms with Crippen molar-refractivity contribution in [2.24, 2.45) is 16.8 Å². The molecule has 21 heavy (non-hydrogen) atoms. The van der Waals surface area contributed by atoms with E-state index >= 15 is 0 Å². The first-order valence-corrected chi connectivity index (χ1v) is 7.18. The van der Waals surface area contributed by atoms with E-state index in [-0.39, 0.29) is 11.7 Å². The number of hydrogen-bond donors (Lipinski definition) is 2.